The first-order valence-corrected chi connectivity index (χ1v) is 5.97. The number of guanidine groups is 1. The number of carbonyl (C=O) groups is 1. The summed E-state index contributed by atoms with van der Waals surface area (Å²) >= 11 is 0. The van der Waals surface area contributed by atoms with E-state index in [0.29, 0.717) is 11.4 Å². The predicted molar refractivity (Wildman–Crippen MR) is 79.4 cm³/mol. The Bertz CT molecular complexity index is 554. The molecule has 0 heterocycles. The molecule has 20 heavy (non-hydrogen) atoms. The van der Waals surface area contributed by atoms with Crippen molar-refractivity contribution in [3.63, 3.8) is 0 Å². The lowest BCUT2D eigenvalue weighted by Gasteiger charge is -2.22. The molecule has 0 aliphatic heterocycles. The van der Waals surface area contributed by atoms with Gasteiger partial charge >= 0.3 is 6.03 Å². The summed E-state index contributed by atoms with van der Waals surface area (Å²) in [7, 11) is 0. The first-order chi connectivity index (χ1) is 9.68. The third-order valence-corrected chi connectivity index (χ3v) is 2.51. The lowest BCUT2D eigenvalue weighted by Crippen LogP contribution is -2.36. The molecule has 5 N–H and O–H groups in total. The van der Waals surface area contributed by atoms with E-state index in [9.17, 15) is 4.79 Å². The third-order valence-electron chi connectivity index (χ3n) is 2.51. The highest BCUT2D eigenvalue weighted by Crippen LogP contribution is 2.24. The normalized spacial score (nSPS) is 9.60. The number of nitrogens with two attached hydrogens (primary N) is 2. The van der Waals surface area contributed by atoms with Crippen LogP contribution in [0.3, 0.4) is 0 Å². The smallest absolute Gasteiger partial charge is 0.346 e. The molecule has 2 amide bonds. The second-order valence-corrected chi connectivity index (χ2v) is 3.96. The van der Waals surface area contributed by atoms with E-state index in [-0.39, 0.29) is 5.96 Å². The van der Waals surface area contributed by atoms with Gasteiger partial charge in [-0.2, -0.15) is 0 Å². The Morgan fingerprint density at radius 2 is 1.35 bits per heavy atom. The maximum atomic E-state index is 12.2. The minimum Gasteiger partial charge on any atom is -0.369 e. The summed E-state index contributed by atoms with van der Waals surface area (Å²) in [6.45, 7) is 0. The van der Waals surface area contributed by atoms with Crippen LogP contribution in [0.2, 0.25) is 0 Å². The van der Waals surface area contributed by atoms with Gasteiger partial charge in [0.1, 0.15) is 0 Å². The molecule has 0 saturated heterocycles. The number of nitrogens with zero attached hydrogens (tertiary/aromatic N) is 2. The lowest BCUT2D eigenvalue weighted by molar-refractivity contribution is 0.249. The van der Waals surface area contributed by atoms with Gasteiger partial charge in [-0.3, -0.25) is 4.90 Å². The van der Waals surface area contributed by atoms with E-state index in [1.165, 1.54) is 4.90 Å². The molecule has 0 radical (unpaired) electrons. The van der Waals surface area contributed by atoms with Gasteiger partial charge in [-0.1, -0.05) is 36.4 Å². The number of rotatable bonds is 3. The fraction of sp³-hybridized carbons (Fsp3) is 0. The largest absolute Gasteiger partial charge is 0.369 e. The Labute approximate surface area is 116 Å². The van der Waals surface area contributed by atoms with Crippen LogP contribution in [0.1, 0.15) is 0 Å². The molecule has 0 unspecified atom stereocenters. The Balaban J connectivity index is 2.35. The van der Waals surface area contributed by atoms with E-state index >= 15 is 0 Å². The van der Waals surface area contributed by atoms with E-state index < -0.39 is 6.03 Å². The minimum absolute atomic E-state index is 0.209. The fourth-order valence-corrected chi connectivity index (χ4v) is 1.70. The molecule has 0 aliphatic rings. The average Bonchev–Trinajstić information content (AvgIpc) is 2.48. The molecule has 0 aromatic heterocycles. The number of anilines is 2. The highest BCUT2D eigenvalue weighted by atomic mass is 16.2. The maximum Gasteiger partial charge on any atom is 0.346 e. The van der Waals surface area contributed by atoms with Gasteiger partial charge in [-0.15, -0.1) is 5.10 Å². The second-order valence-electron chi connectivity index (χ2n) is 3.96. The van der Waals surface area contributed by atoms with Crippen LogP contribution in [0.15, 0.2) is 65.8 Å². The van der Waals surface area contributed by atoms with E-state index in [1.54, 1.807) is 0 Å². The number of nitrogens with one attached hydrogen (secondary N) is 1. The van der Waals surface area contributed by atoms with Crippen molar-refractivity contribution in [2.75, 3.05) is 4.90 Å². The molecule has 6 heteroatoms. The molecular weight excluding hydrogens is 254 g/mol. The second kappa shape index (κ2) is 6.24. The number of benzene rings is 2. The van der Waals surface area contributed by atoms with Crippen molar-refractivity contribution in [3.8, 4) is 0 Å². The van der Waals surface area contributed by atoms with Crippen molar-refractivity contribution in [2.24, 2.45) is 16.6 Å². The molecule has 0 spiro atoms. The SMILES string of the molecule is NC(N)=NNC(=O)N(c1ccccc1)c1ccccc1. The highest BCUT2D eigenvalue weighted by Gasteiger charge is 2.17. The number of para-hydroxylation sites is 2. The van der Waals surface area contributed by atoms with Crippen LogP contribution < -0.4 is 21.8 Å². The van der Waals surface area contributed by atoms with Crippen molar-refractivity contribution in [1.82, 2.24) is 5.43 Å². The molecule has 2 aromatic rings. The van der Waals surface area contributed by atoms with Gasteiger partial charge in [0.05, 0.1) is 11.4 Å². The first-order valence-electron chi connectivity index (χ1n) is 5.97. The zero-order valence-electron chi connectivity index (χ0n) is 10.7. The number of urea groups is 1. The van der Waals surface area contributed by atoms with E-state index in [1.807, 2.05) is 60.7 Å². The average molecular weight is 269 g/mol. The predicted octanol–water partition coefficient (Wildman–Crippen LogP) is 1.72. The molecule has 2 aromatic carbocycles. The first kappa shape index (κ1) is 13.4. The number of carbonyl (C=O) groups excluding carboxylic acids is 1. The van der Waals surface area contributed by atoms with Gasteiger partial charge in [0.2, 0.25) is 5.96 Å². The standard InChI is InChI=1S/C14H15N5O/c15-13(16)17-18-14(20)19(11-7-3-1-4-8-11)12-9-5-2-6-10-12/h1-10H,(H,18,20)(H4,15,16,17). The van der Waals surface area contributed by atoms with Gasteiger partial charge in [0.25, 0.3) is 0 Å². The van der Waals surface area contributed by atoms with Gasteiger partial charge in [0.15, 0.2) is 0 Å². The summed E-state index contributed by atoms with van der Waals surface area (Å²) in [6, 6.07) is 18.0. The topological polar surface area (TPSA) is 96.7 Å². The number of amides is 2. The fourth-order valence-electron chi connectivity index (χ4n) is 1.70. The molecule has 2 rings (SSSR count). The molecule has 6 nitrogen and oxygen atoms in total. The molecule has 102 valence electrons. The highest BCUT2D eigenvalue weighted by molar-refractivity contribution is 5.99. The maximum absolute atomic E-state index is 12.2. The van der Waals surface area contributed by atoms with E-state index in [2.05, 4.69) is 10.5 Å². The molecule has 0 saturated carbocycles. The zero-order valence-corrected chi connectivity index (χ0v) is 10.7. The molecule has 0 aliphatic carbocycles. The Hall–Kier alpha value is -3.02. The van der Waals surface area contributed by atoms with Crippen LogP contribution in [0.4, 0.5) is 16.2 Å². The van der Waals surface area contributed by atoms with Crippen molar-refractivity contribution in [1.29, 1.82) is 0 Å². The van der Waals surface area contributed by atoms with Crippen LogP contribution in [-0.2, 0) is 0 Å². The van der Waals surface area contributed by atoms with Crippen LogP contribution in [0, 0.1) is 0 Å². The Kier molecular flexibility index (Phi) is 4.18. The van der Waals surface area contributed by atoms with Crippen molar-refractivity contribution in [3.05, 3.63) is 60.7 Å². The molecular formula is C14H15N5O. The van der Waals surface area contributed by atoms with E-state index in [0.717, 1.165) is 0 Å². The summed E-state index contributed by atoms with van der Waals surface area (Å²) in [5.41, 5.74) is 14.1. The van der Waals surface area contributed by atoms with Gasteiger partial charge in [-0.05, 0) is 24.3 Å². The molecule has 0 bridgehead atoms. The zero-order chi connectivity index (χ0) is 14.4. The van der Waals surface area contributed by atoms with Crippen LogP contribution >= 0.6 is 0 Å². The van der Waals surface area contributed by atoms with Crippen LogP contribution in [-0.4, -0.2) is 12.0 Å². The van der Waals surface area contributed by atoms with Gasteiger partial charge in [0, 0.05) is 0 Å². The Morgan fingerprint density at radius 3 is 1.75 bits per heavy atom. The summed E-state index contributed by atoms with van der Waals surface area (Å²) < 4.78 is 0. The summed E-state index contributed by atoms with van der Waals surface area (Å²) in [5, 5.41) is 3.53. The number of hydrazone groups is 1. The van der Waals surface area contributed by atoms with Crippen molar-refractivity contribution >= 4 is 23.4 Å². The summed E-state index contributed by atoms with van der Waals surface area (Å²) in [4.78, 5) is 13.7. The van der Waals surface area contributed by atoms with Crippen LogP contribution in [0.25, 0.3) is 0 Å². The number of hydrogen-bond acceptors (Lipinski definition) is 2. The van der Waals surface area contributed by atoms with Crippen molar-refractivity contribution in [2.45, 2.75) is 0 Å². The molecule has 0 atom stereocenters. The summed E-state index contributed by atoms with van der Waals surface area (Å²) in [5.74, 6) is -0.209. The van der Waals surface area contributed by atoms with Crippen molar-refractivity contribution < 1.29 is 4.79 Å². The summed E-state index contributed by atoms with van der Waals surface area (Å²) in [6.07, 6.45) is 0. The Morgan fingerprint density at radius 1 is 0.900 bits per heavy atom. The number of hydrogen-bond donors (Lipinski definition) is 3. The van der Waals surface area contributed by atoms with Gasteiger partial charge < -0.3 is 11.5 Å². The monoisotopic (exact) mass is 269 g/mol. The lowest BCUT2D eigenvalue weighted by atomic mass is 10.2. The van der Waals surface area contributed by atoms with Gasteiger partial charge in [-0.25, -0.2) is 10.2 Å². The molecule has 0 fully saturated rings. The minimum atomic E-state index is -0.448. The van der Waals surface area contributed by atoms with Crippen LogP contribution in [0.5, 0.6) is 0 Å². The van der Waals surface area contributed by atoms with E-state index in [4.69, 9.17) is 11.5 Å². The quantitative estimate of drug-likeness (QED) is 0.449. The third kappa shape index (κ3) is 3.26.